The number of rotatable bonds is 6. The van der Waals surface area contributed by atoms with E-state index in [1.54, 1.807) is 6.08 Å². The van der Waals surface area contributed by atoms with Gasteiger partial charge in [-0.1, -0.05) is 26.8 Å². The Morgan fingerprint density at radius 3 is 2.47 bits per heavy atom. The zero-order valence-corrected chi connectivity index (χ0v) is 12.1. The Morgan fingerprint density at radius 1 is 1.32 bits per heavy atom. The van der Waals surface area contributed by atoms with E-state index >= 15 is 0 Å². The van der Waals surface area contributed by atoms with Crippen molar-refractivity contribution in [2.45, 2.75) is 32.8 Å². The van der Waals surface area contributed by atoms with Gasteiger partial charge in [0.2, 0.25) is 0 Å². The Labute approximate surface area is 115 Å². The number of aliphatic hydroxyl groups excluding tert-OH is 2. The molecule has 0 saturated heterocycles. The van der Waals surface area contributed by atoms with Gasteiger partial charge in [0.15, 0.2) is 0 Å². The Morgan fingerprint density at radius 2 is 2.00 bits per heavy atom. The van der Waals surface area contributed by atoms with E-state index in [0.717, 1.165) is 17.1 Å². The molecule has 0 aliphatic rings. The van der Waals surface area contributed by atoms with Crippen molar-refractivity contribution in [1.29, 1.82) is 0 Å². The Balaban J connectivity index is 3.20. The summed E-state index contributed by atoms with van der Waals surface area (Å²) in [6, 6.07) is 3.78. The highest BCUT2D eigenvalue weighted by Gasteiger charge is 2.18. The van der Waals surface area contributed by atoms with Crippen molar-refractivity contribution >= 4 is 5.82 Å². The smallest absolute Gasteiger partial charge is 0.129 e. The first-order chi connectivity index (χ1) is 8.92. The molecule has 0 radical (unpaired) electrons. The number of aliphatic hydroxyl groups is 2. The van der Waals surface area contributed by atoms with Crippen molar-refractivity contribution in [3.8, 4) is 0 Å². The van der Waals surface area contributed by atoms with Gasteiger partial charge in [0, 0.05) is 24.2 Å². The molecule has 0 fully saturated rings. The molecule has 0 spiro atoms. The third-order valence-corrected chi connectivity index (χ3v) is 2.87. The summed E-state index contributed by atoms with van der Waals surface area (Å²) in [5.74, 6) is 0.769. The van der Waals surface area contributed by atoms with E-state index in [9.17, 15) is 5.11 Å². The van der Waals surface area contributed by atoms with Gasteiger partial charge in [-0.3, -0.25) is 0 Å². The SMILES string of the molecule is C=CCN(CCO)c1cc(CO)cc(C(C)(C)C)n1. The lowest BCUT2D eigenvalue weighted by atomic mass is 9.91. The zero-order valence-electron chi connectivity index (χ0n) is 12.1. The molecule has 19 heavy (non-hydrogen) atoms. The van der Waals surface area contributed by atoms with E-state index in [-0.39, 0.29) is 18.6 Å². The van der Waals surface area contributed by atoms with Crippen molar-refractivity contribution in [3.05, 3.63) is 36.0 Å². The quantitative estimate of drug-likeness (QED) is 0.770. The molecule has 0 atom stereocenters. The van der Waals surface area contributed by atoms with Gasteiger partial charge in [-0.05, 0) is 17.7 Å². The van der Waals surface area contributed by atoms with Crippen molar-refractivity contribution in [2.75, 3.05) is 24.6 Å². The van der Waals surface area contributed by atoms with Crippen LogP contribution in [0.15, 0.2) is 24.8 Å². The van der Waals surface area contributed by atoms with Crippen LogP contribution in [0.2, 0.25) is 0 Å². The minimum Gasteiger partial charge on any atom is -0.395 e. The van der Waals surface area contributed by atoms with Gasteiger partial charge in [-0.2, -0.15) is 0 Å². The van der Waals surface area contributed by atoms with Crippen LogP contribution < -0.4 is 4.90 Å². The summed E-state index contributed by atoms with van der Waals surface area (Å²) in [4.78, 5) is 6.59. The van der Waals surface area contributed by atoms with Gasteiger partial charge in [-0.15, -0.1) is 6.58 Å². The number of pyridine rings is 1. The normalized spacial score (nSPS) is 11.4. The van der Waals surface area contributed by atoms with Gasteiger partial charge in [0.25, 0.3) is 0 Å². The minimum atomic E-state index is -0.0843. The summed E-state index contributed by atoms with van der Waals surface area (Å²) in [5.41, 5.74) is 1.68. The molecule has 4 nitrogen and oxygen atoms in total. The Hall–Kier alpha value is -1.39. The van der Waals surface area contributed by atoms with Crippen LogP contribution in [0.5, 0.6) is 0 Å². The largest absolute Gasteiger partial charge is 0.395 e. The van der Waals surface area contributed by atoms with Crippen LogP contribution in [0.25, 0.3) is 0 Å². The second-order valence-corrected chi connectivity index (χ2v) is 5.59. The van der Waals surface area contributed by atoms with E-state index in [2.05, 4.69) is 32.3 Å². The first kappa shape index (κ1) is 15.7. The number of hydrogen-bond acceptors (Lipinski definition) is 4. The second-order valence-electron chi connectivity index (χ2n) is 5.59. The van der Waals surface area contributed by atoms with E-state index in [4.69, 9.17) is 5.11 Å². The highest BCUT2D eigenvalue weighted by Crippen LogP contribution is 2.25. The second kappa shape index (κ2) is 6.68. The molecule has 1 rings (SSSR count). The van der Waals surface area contributed by atoms with Crippen molar-refractivity contribution in [1.82, 2.24) is 4.98 Å². The average molecular weight is 264 g/mol. The van der Waals surface area contributed by atoms with Crippen LogP contribution >= 0.6 is 0 Å². The third kappa shape index (κ3) is 4.33. The predicted octanol–water partition coefficient (Wildman–Crippen LogP) is 1.86. The van der Waals surface area contributed by atoms with Gasteiger partial charge in [0.1, 0.15) is 5.82 Å². The fourth-order valence-electron chi connectivity index (χ4n) is 1.78. The summed E-state index contributed by atoms with van der Waals surface area (Å²) in [7, 11) is 0. The molecule has 0 bridgehead atoms. The number of anilines is 1. The predicted molar refractivity (Wildman–Crippen MR) is 78.4 cm³/mol. The maximum atomic E-state index is 9.38. The lowest BCUT2D eigenvalue weighted by Gasteiger charge is -2.25. The van der Waals surface area contributed by atoms with Crippen LogP contribution in [0.3, 0.4) is 0 Å². The summed E-state index contributed by atoms with van der Waals surface area (Å²) < 4.78 is 0. The molecule has 1 heterocycles. The molecule has 0 unspecified atom stereocenters. The van der Waals surface area contributed by atoms with Gasteiger partial charge in [-0.25, -0.2) is 4.98 Å². The van der Waals surface area contributed by atoms with Crippen LogP contribution in [-0.4, -0.2) is 34.9 Å². The van der Waals surface area contributed by atoms with Crippen LogP contribution in [0, 0.1) is 0 Å². The monoisotopic (exact) mass is 264 g/mol. The summed E-state index contributed by atoms with van der Waals surface area (Å²) in [5, 5.41) is 18.5. The highest BCUT2D eigenvalue weighted by atomic mass is 16.3. The topological polar surface area (TPSA) is 56.6 Å². The van der Waals surface area contributed by atoms with Gasteiger partial charge < -0.3 is 15.1 Å². The standard InChI is InChI=1S/C15H24N2O2/c1-5-6-17(7-8-18)14-10-12(11-19)9-13(16-14)15(2,3)4/h5,9-10,18-19H,1,6-8,11H2,2-4H3. The van der Waals surface area contributed by atoms with Gasteiger partial charge in [0.05, 0.1) is 13.2 Å². The van der Waals surface area contributed by atoms with Crippen molar-refractivity contribution in [2.24, 2.45) is 0 Å². The molecule has 1 aromatic heterocycles. The van der Waals surface area contributed by atoms with Crippen LogP contribution in [0.1, 0.15) is 32.0 Å². The number of aromatic nitrogens is 1. The number of hydrogen-bond donors (Lipinski definition) is 2. The fraction of sp³-hybridized carbons (Fsp3) is 0.533. The van der Waals surface area contributed by atoms with Crippen molar-refractivity contribution < 1.29 is 10.2 Å². The lowest BCUT2D eigenvalue weighted by molar-refractivity contribution is 0.281. The average Bonchev–Trinajstić information content (AvgIpc) is 2.37. The molecular formula is C15H24N2O2. The molecule has 0 aromatic carbocycles. The molecule has 0 aliphatic carbocycles. The van der Waals surface area contributed by atoms with Gasteiger partial charge >= 0.3 is 0 Å². The summed E-state index contributed by atoms with van der Waals surface area (Å²) in [6.07, 6.45) is 1.78. The number of nitrogens with zero attached hydrogens (tertiary/aromatic N) is 2. The minimum absolute atomic E-state index is 0.0142. The molecule has 106 valence electrons. The molecular weight excluding hydrogens is 240 g/mol. The Kier molecular flexibility index (Phi) is 5.51. The first-order valence-corrected chi connectivity index (χ1v) is 6.51. The molecule has 4 heteroatoms. The maximum Gasteiger partial charge on any atom is 0.129 e. The summed E-state index contributed by atoms with van der Waals surface area (Å²) in [6.45, 7) is 11.1. The van der Waals surface area contributed by atoms with Crippen LogP contribution in [0.4, 0.5) is 5.82 Å². The van der Waals surface area contributed by atoms with Crippen molar-refractivity contribution in [3.63, 3.8) is 0 Å². The molecule has 0 amide bonds. The van der Waals surface area contributed by atoms with Crippen LogP contribution in [-0.2, 0) is 12.0 Å². The first-order valence-electron chi connectivity index (χ1n) is 6.51. The third-order valence-electron chi connectivity index (χ3n) is 2.87. The van der Waals surface area contributed by atoms with E-state index in [0.29, 0.717) is 13.1 Å². The maximum absolute atomic E-state index is 9.38. The highest BCUT2D eigenvalue weighted by molar-refractivity contribution is 5.44. The Bertz CT molecular complexity index is 425. The lowest BCUT2D eigenvalue weighted by Crippen LogP contribution is -2.28. The fourth-order valence-corrected chi connectivity index (χ4v) is 1.78. The zero-order chi connectivity index (χ0) is 14.5. The summed E-state index contributed by atoms with van der Waals surface area (Å²) >= 11 is 0. The molecule has 1 aromatic rings. The molecule has 2 N–H and O–H groups in total. The van der Waals surface area contributed by atoms with E-state index in [1.165, 1.54) is 0 Å². The molecule has 0 aliphatic heterocycles. The van der Waals surface area contributed by atoms with E-state index < -0.39 is 0 Å². The van der Waals surface area contributed by atoms with E-state index in [1.807, 2.05) is 17.0 Å². The molecule has 0 saturated carbocycles.